The fourth-order valence-electron chi connectivity index (χ4n) is 2.42. The topological polar surface area (TPSA) is 84.7 Å². The third-order valence-electron chi connectivity index (χ3n) is 3.65. The molecule has 1 aliphatic heterocycles. The molecule has 0 saturated carbocycles. The van der Waals surface area contributed by atoms with Crippen LogP contribution in [0.3, 0.4) is 0 Å². The summed E-state index contributed by atoms with van der Waals surface area (Å²) >= 11 is 0. The second kappa shape index (κ2) is 5.86. The van der Waals surface area contributed by atoms with Crippen molar-refractivity contribution >= 4 is 11.9 Å². The van der Waals surface area contributed by atoms with E-state index in [0.29, 0.717) is 18.4 Å². The van der Waals surface area contributed by atoms with Crippen LogP contribution in [0.25, 0.3) is 0 Å². The summed E-state index contributed by atoms with van der Waals surface area (Å²) in [5.41, 5.74) is 0. The Kier molecular flexibility index (Phi) is 3.91. The molecule has 0 spiro atoms. The van der Waals surface area contributed by atoms with Gasteiger partial charge in [-0.15, -0.1) is 10.2 Å². The number of rotatable bonds is 5. The first-order chi connectivity index (χ1) is 10.5. The van der Waals surface area contributed by atoms with E-state index in [2.05, 4.69) is 48.9 Å². The van der Waals surface area contributed by atoms with Gasteiger partial charge in [0, 0.05) is 33.0 Å². The van der Waals surface area contributed by atoms with E-state index in [1.54, 1.807) is 0 Å². The van der Waals surface area contributed by atoms with Gasteiger partial charge in [-0.2, -0.15) is 15.0 Å². The lowest BCUT2D eigenvalue weighted by atomic mass is 10.2. The summed E-state index contributed by atoms with van der Waals surface area (Å²) in [7, 11) is 3.85. The molecule has 8 heteroatoms. The van der Waals surface area contributed by atoms with Crippen LogP contribution in [-0.4, -0.2) is 43.8 Å². The molecule has 0 aliphatic carbocycles. The third-order valence-corrected chi connectivity index (χ3v) is 3.65. The zero-order chi connectivity index (χ0) is 15.7. The molecule has 8 nitrogen and oxygen atoms in total. The lowest BCUT2D eigenvalue weighted by Gasteiger charge is -2.14. The Hall–Kier alpha value is -2.25. The second-order valence-corrected chi connectivity index (χ2v) is 6.01. The maximum atomic E-state index is 4.49. The van der Waals surface area contributed by atoms with Crippen molar-refractivity contribution in [1.29, 1.82) is 0 Å². The average molecular weight is 302 g/mol. The zero-order valence-corrected chi connectivity index (χ0v) is 13.5. The van der Waals surface area contributed by atoms with E-state index >= 15 is 0 Å². The zero-order valence-electron chi connectivity index (χ0n) is 13.5. The molecule has 0 radical (unpaired) electrons. The standard InChI is InChI=1S/C14H22N8/c1-9(2)12-16-13(18-14(17-12)21(3)4)15-8-11-20-19-10-6-5-7-22(10)11/h9H,5-8H2,1-4H3,(H,15,16,17,18). The van der Waals surface area contributed by atoms with Gasteiger partial charge in [0.1, 0.15) is 11.6 Å². The van der Waals surface area contributed by atoms with Crippen LogP contribution in [0.1, 0.15) is 43.7 Å². The molecule has 22 heavy (non-hydrogen) atoms. The highest BCUT2D eigenvalue weighted by Crippen LogP contribution is 2.17. The molecule has 1 N–H and O–H groups in total. The summed E-state index contributed by atoms with van der Waals surface area (Å²) in [6.45, 7) is 5.71. The molecule has 3 heterocycles. The molecule has 1 aliphatic rings. The molecule has 0 aromatic carbocycles. The van der Waals surface area contributed by atoms with E-state index in [4.69, 9.17) is 0 Å². The van der Waals surface area contributed by atoms with Crippen molar-refractivity contribution in [2.24, 2.45) is 0 Å². The fourth-order valence-corrected chi connectivity index (χ4v) is 2.42. The number of fused-ring (bicyclic) bond motifs is 1. The molecule has 0 unspecified atom stereocenters. The van der Waals surface area contributed by atoms with Crippen LogP contribution in [0, 0.1) is 0 Å². The van der Waals surface area contributed by atoms with Crippen LogP contribution in [0.2, 0.25) is 0 Å². The Labute approximate surface area is 130 Å². The Balaban J connectivity index is 1.79. The minimum atomic E-state index is 0.250. The van der Waals surface area contributed by atoms with Gasteiger partial charge in [-0.1, -0.05) is 13.8 Å². The smallest absolute Gasteiger partial charge is 0.229 e. The van der Waals surface area contributed by atoms with E-state index in [0.717, 1.165) is 36.9 Å². The summed E-state index contributed by atoms with van der Waals surface area (Å²) in [6.07, 6.45) is 2.16. The maximum absolute atomic E-state index is 4.49. The van der Waals surface area contributed by atoms with Gasteiger partial charge in [0.05, 0.1) is 6.54 Å². The highest BCUT2D eigenvalue weighted by atomic mass is 15.3. The molecule has 0 bridgehead atoms. The van der Waals surface area contributed by atoms with E-state index < -0.39 is 0 Å². The largest absolute Gasteiger partial charge is 0.347 e. The Morgan fingerprint density at radius 3 is 2.73 bits per heavy atom. The molecular formula is C14H22N8. The average Bonchev–Trinajstić information content (AvgIpc) is 3.08. The Bertz CT molecular complexity index is 635. The van der Waals surface area contributed by atoms with E-state index in [9.17, 15) is 0 Å². The molecule has 118 valence electrons. The van der Waals surface area contributed by atoms with Gasteiger partial charge in [0.2, 0.25) is 11.9 Å². The van der Waals surface area contributed by atoms with Crippen LogP contribution < -0.4 is 10.2 Å². The molecule has 0 amide bonds. The molecule has 0 saturated heterocycles. The maximum Gasteiger partial charge on any atom is 0.229 e. The number of nitrogens with zero attached hydrogens (tertiary/aromatic N) is 7. The van der Waals surface area contributed by atoms with Gasteiger partial charge in [-0.3, -0.25) is 0 Å². The van der Waals surface area contributed by atoms with Crippen LogP contribution in [0.5, 0.6) is 0 Å². The first-order valence-electron chi connectivity index (χ1n) is 7.62. The third kappa shape index (κ3) is 2.86. The summed E-state index contributed by atoms with van der Waals surface area (Å²) in [4.78, 5) is 15.3. The number of anilines is 2. The minimum absolute atomic E-state index is 0.250. The van der Waals surface area contributed by atoms with E-state index in [1.165, 1.54) is 0 Å². The predicted octanol–water partition coefficient (Wildman–Crippen LogP) is 1.21. The van der Waals surface area contributed by atoms with Crippen LogP contribution in [0.4, 0.5) is 11.9 Å². The quantitative estimate of drug-likeness (QED) is 0.888. The fraction of sp³-hybridized carbons (Fsp3) is 0.643. The number of nitrogens with one attached hydrogen (secondary N) is 1. The van der Waals surface area contributed by atoms with Gasteiger partial charge in [0.25, 0.3) is 0 Å². The Morgan fingerprint density at radius 1 is 1.18 bits per heavy atom. The summed E-state index contributed by atoms with van der Waals surface area (Å²) in [6, 6.07) is 0. The number of aryl methyl sites for hydroxylation is 1. The molecule has 2 aromatic heterocycles. The summed E-state index contributed by atoms with van der Waals surface area (Å²) < 4.78 is 2.17. The van der Waals surface area contributed by atoms with Crippen LogP contribution >= 0.6 is 0 Å². The SMILES string of the molecule is CC(C)c1nc(NCc2nnc3n2CCC3)nc(N(C)C)n1. The highest BCUT2D eigenvalue weighted by Gasteiger charge is 2.17. The lowest BCUT2D eigenvalue weighted by molar-refractivity contribution is 0.692. The van der Waals surface area contributed by atoms with Gasteiger partial charge in [-0.05, 0) is 6.42 Å². The van der Waals surface area contributed by atoms with Gasteiger partial charge < -0.3 is 14.8 Å². The first-order valence-corrected chi connectivity index (χ1v) is 7.62. The molecule has 0 atom stereocenters. The van der Waals surface area contributed by atoms with Gasteiger partial charge in [0.15, 0.2) is 5.82 Å². The number of hydrogen-bond acceptors (Lipinski definition) is 7. The molecule has 2 aromatic rings. The van der Waals surface area contributed by atoms with Crippen molar-refractivity contribution in [2.45, 2.75) is 45.7 Å². The summed E-state index contributed by atoms with van der Waals surface area (Å²) in [5, 5.41) is 11.7. The molecule has 0 fully saturated rings. The highest BCUT2D eigenvalue weighted by molar-refractivity contribution is 5.36. The van der Waals surface area contributed by atoms with Crippen molar-refractivity contribution in [3.63, 3.8) is 0 Å². The van der Waals surface area contributed by atoms with Crippen molar-refractivity contribution in [3.8, 4) is 0 Å². The van der Waals surface area contributed by atoms with Crippen molar-refractivity contribution in [1.82, 2.24) is 29.7 Å². The Morgan fingerprint density at radius 2 is 2.00 bits per heavy atom. The van der Waals surface area contributed by atoms with Gasteiger partial charge in [-0.25, -0.2) is 0 Å². The second-order valence-electron chi connectivity index (χ2n) is 6.01. The van der Waals surface area contributed by atoms with Crippen molar-refractivity contribution < 1.29 is 0 Å². The number of aromatic nitrogens is 6. The normalized spacial score (nSPS) is 13.5. The first kappa shape index (κ1) is 14.7. The van der Waals surface area contributed by atoms with E-state index in [1.807, 2.05) is 19.0 Å². The van der Waals surface area contributed by atoms with Crippen molar-refractivity contribution in [2.75, 3.05) is 24.3 Å². The molecular weight excluding hydrogens is 280 g/mol. The van der Waals surface area contributed by atoms with Crippen molar-refractivity contribution in [3.05, 3.63) is 17.5 Å². The summed E-state index contributed by atoms with van der Waals surface area (Å²) in [5.74, 6) is 4.28. The van der Waals surface area contributed by atoms with E-state index in [-0.39, 0.29) is 5.92 Å². The minimum Gasteiger partial charge on any atom is -0.347 e. The molecule has 3 rings (SSSR count). The van der Waals surface area contributed by atoms with Crippen LogP contribution in [0.15, 0.2) is 0 Å². The lowest BCUT2D eigenvalue weighted by Crippen LogP contribution is -2.18. The predicted molar refractivity (Wildman–Crippen MR) is 83.9 cm³/mol. The monoisotopic (exact) mass is 302 g/mol. The van der Waals surface area contributed by atoms with Crippen LogP contribution in [-0.2, 0) is 19.5 Å². The van der Waals surface area contributed by atoms with Gasteiger partial charge >= 0.3 is 0 Å². The number of hydrogen-bond donors (Lipinski definition) is 1.